The highest BCUT2D eigenvalue weighted by atomic mass is 127. The molecule has 2 heterocycles. The maximum absolute atomic E-state index is 12.7. The summed E-state index contributed by atoms with van der Waals surface area (Å²) in [5.74, 6) is 1.27. The molecule has 1 aromatic carbocycles. The number of benzene rings is 1. The first-order chi connectivity index (χ1) is 15.1. The molecule has 1 amide bonds. The van der Waals surface area contributed by atoms with Crippen LogP contribution in [0.4, 0.5) is 0 Å². The first-order valence-corrected chi connectivity index (χ1v) is 11.8. The second kappa shape index (κ2) is 14.0. The molecule has 0 aliphatic carbocycles. The van der Waals surface area contributed by atoms with Crippen LogP contribution in [0.15, 0.2) is 35.3 Å². The highest BCUT2D eigenvalue weighted by molar-refractivity contribution is 14.0. The minimum absolute atomic E-state index is 0. The normalized spacial score (nSPS) is 18.6. The molecule has 180 valence electrons. The van der Waals surface area contributed by atoms with Crippen molar-refractivity contribution in [1.29, 1.82) is 0 Å². The average Bonchev–Trinajstić information content (AvgIpc) is 3.34. The van der Waals surface area contributed by atoms with E-state index in [-0.39, 0.29) is 30.0 Å². The molecule has 0 aromatic heterocycles. The van der Waals surface area contributed by atoms with Crippen LogP contribution in [-0.2, 0) is 11.3 Å². The van der Waals surface area contributed by atoms with Crippen LogP contribution >= 0.6 is 24.0 Å². The highest BCUT2D eigenvalue weighted by Gasteiger charge is 2.30. The fourth-order valence-electron chi connectivity index (χ4n) is 4.53. The first-order valence-electron chi connectivity index (χ1n) is 11.8. The Bertz CT molecular complexity index is 702. The van der Waals surface area contributed by atoms with Crippen molar-refractivity contribution < 1.29 is 4.79 Å². The van der Waals surface area contributed by atoms with Crippen molar-refractivity contribution in [3.8, 4) is 0 Å². The van der Waals surface area contributed by atoms with Crippen molar-refractivity contribution in [2.45, 2.75) is 38.8 Å². The predicted molar refractivity (Wildman–Crippen MR) is 143 cm³/mol. The van der Waals surface area contributed by atoms with E-state index in [0.717, 1.165) is 84.1 Å². The van der Waals surface area contributed by atoms with Crippen LogP contribution in [0.3, 0.4) is 0 Å². The van der Waals surface area contributed by atoms with E-state index in [1.807, 2.05) is 11.9 Å². The summed E-state index contributed by atoms with van der Waals surface area (Å²) in [6.45, 7) is 10.5. The molecule has 2 aliphatic rings. The molecule has 32 heavy (non-hydrogen) atoms. The van der Waals surface area contributed by atoms with Crippen LogP contribution in [0.1, 0.15) is 31.7 Å². The first kappa shape index (κ1) is 26.9. The summed E-state index contributed by atoms with van der Waals surface area (Å²) < 4.78 is 0. The van der Waals surface area contributed by atoms with Gasteiger partial charge in [-0.2, -0.15) is 0 Å². The number of carbonyl (C=O) groups is 1. The summed E-state index contributed by atoms with van der Waals surface area (Å²) in [6, 6.07) is 10.6. The van der Waals surface area contributed by atoms with Gasteiger partial charge in [0.15, 0.2) is 5.96 Å². The van der Waals surface area contributed by atoms with Crippen molar-refractivity contribution in [3.05, 3.63) is 35.9 Å². The van der Waals surface area contributed by atoms with Crippen LogP contribution in [0.25, 0.3) is 0 Å². The average molecular weight is 557 g/mol. The molecule has 1 aromatic rings. The third-order valence-corrected chi connectivity index (χ3v) is 6.44. The molecule has 2 saturated heterocycles. The molecular formula is C24H41IN6O. The Hall–Kier alpha value is -1.39. The molecule has 0 radical (unpaired) electrons. The van der Waals surface area contributed by atoms with Gasteiger partial charge in [-0.25, -0.2) is 0 Å². The molecule has 1 unspecified atom stereocenters. The second-order valence-corrected chi connectivity index (χ2v) is 8.78. The predicted octanol–water partition coefficient (Wildman–Crippen LogP) is 2.33. The molecular weight excluding hydrogens is 515 g/mol. The second-order valence-electron chi connectivity index (χ2n) is 8.78. The molecule has 7 nitrogen and oxygen atoms in total. The molecule has 1 atom stereocenters. The van der Waals surface area contributed by atoms with Gasteiger partial charge in [0.25, 0.3) is 0 Å². The number of carbonyl (C=O) groups excluding carboxylic acids is 1. The lowest BCUT2D eigenvalue weighted by atomic mass is 10.2. The topological polar surface area (TPSA) is 54.4 Å². The van der Waals surface area contributed by atoms with Gasteiger partial charge in [0, 0.05) is 59.4 Å². The van der Waals surface area contributed by atoms with E-state index in [4.69, 9.17) is 0 Å². The van der Waals surface area contributed by atoms with Gasteiger partial charge < -0.3 is 20.0 Å². The third kappa shape index (κ3) is 7.88. The quantitative estimate of drug-likeness (QED) is 0.231. The van der Waals surface area contributed by atoms with Gasteiger partial charge in [0.05, 0.1) is 6.04 Å². The summed E-state index contributed by atoms with van der Waals surface area (Å²) in [5.41, 5.74) is 1.35. The number of rotatable bonds is 8. The Morgan fingerprint density at radius 3 is 2.34 bits per heavy atom. The van der Waals surface area contributed by atoms with E-state index in [1.165, 1.54) is 5.56 Å². The van der Waals surface area contributed by atoms with E-state index in [0.29, 0.717) is 5.91 Å². The van der Waals surface area contributed by atoms with E-state index in [2.05, 4.69) is 69.3 Å². The van der Waals surface area contributed by atoms with E-state index in [1.54, 1.807) is 0 Å². The summed E-state index contributed by atoms with van der Waals surface area (Å²) in [6.07, 6.45) is 3.37. The molecule has 3 rings (SSSR count). The Balaban J connectivity index is 0.00000363. The van der Waals surface area contributed by atoms with Crippen molar-refractivity contribution in [1.82, 2.24) is 24.9 Å². The van der Waals surface area contributed by atoms with Gasteiger partial charge in [-0.15, -0.1) is 24.0 Å². The van der Waals surface area contributed by atoms with Crippen molar-refractivity contribution in [2.24, 2.45) is 4.99 Å². The van der Waals surface area contributed by atoms with Crippen molar-refractivity contribution in [3.63, 3.8) is 0 Å². The number of nitrogens with one attached hydrogen (secondary N) is 1. The van der Waals surface area contributed by atoms with Crippen molar-refractivity contribution in [2.75, 3.05) is 66.5 Å². The van der Waals surface area contributed by atoms with Gasteiger partial charge in [-0.1, -0.05) is 30.3 Å². The van der Waals surface area contributed by atoms with E-state index >= 15 is 0 Å². The number of hydrogen-bond acceptors (Lipinski definition) is 4. The fourth-order valence-corrected chi connectivity index (χ4v) is 4.53. The van der Waals surface area contributed by atoms with Crippen molar-refractivity contribution >= 4 is 35.8 Å². The maximum Gasteiger partial charge on any atom is 0.239 e. The SMILES string of the molecule is CN=C(NCCCN(C)Cc1ccccc1)N1CCN(C(C)C(=O)N2CCCC2)CC1.I. The lowest BCUT2D eigenvalue weighted by molar-refractivity contribution is -0.135. The summed E-state index contributed by atoms with van der Waals surface area (Å²) in [7, 11) is 4.03. The van der Waals surface area contributed by atoms with Crippen LogP contribution < -0.4 is 5.32 Å². The van der Waals surface area contributed by atoms with Gasteiger partial charge >= 0.3 is 0 Å². The highest BCUT2D eigenvalue weighted by Crippen LogP contribution is 2.14. The number of aliphatic imine (C=N–C) groups is 1. The number of piperazine rings is 1. The van der Waals surface area contributed by atoms with Crippen LogP contribution in [0, 0.1) is 0 Å². The zero-order valence-corrected chi connectivity index (χ0v) is 22.3. The third-order valence-electron chi connectivity index (χ3n) is 6.44. The number of hydrogen-bond donors (Lipinski definition) is 1. The monoisotopic (exact) mass is 556 g/mol. The Morgan fingerprint density at radius 1 is 1.06 bits per heavy atom. The smallest absolute Gasteiger partial charge is 0.239 e. The van der Waals surface area contributed by atoms with Gasteiger partial charge in [-0.05, 0) is 45.3 Å². The Kier molecular flexibility index (Phi) is 11.7. The number of guanidine groups is 1. The Labute approximate surface area is 211 Å². The molecule has 2 fully saturated rings. The van der Waals surface area contributed by atoms with Gasteiger partial charge in [0.2, 0.25) is 5.91 Å². The fraction of sp³-hybridized carbons (Fsp3) is 0.667. The lowest BCUT2D eigenvalue weighted by Gasteiger charge is -2.39. The minimum atomic E-state index is -0.0182. The zero-order valence-electron chi connectivity index (χ0n) is 20.0. The number of halogens is 1. The zero-order chi connectivity index (χ0) is 22.1. The largest absolute Gasteiger partial charge is 0.356 e. The van der Waals surface area contributed by atoms with E-state index < -0.39 is 0 Å². The van der Waals surface area contributed by atoms with E-state index in [9.17, 15) is 4.79 Å². The van der Waals surface area contributed by atoms with Crippen LogP contribution in [0.5, 0.6) is 0 Å². The summed E-state index contributed by atoms with van der Waals surface area (Å²) >= 11 is 0. The summed E-state index contributed by atoms with van der Waals surface area (Å²) in [5, 5.41) is 3.53. The molecule has 8 heteroatoms. The molecule has 2 aliphatic heterocycles. The number of amides is 1. The minimum Gasteiger partial charge on any atom is -0.356 e. The molecule has 0 bridgehead atoms. The maximum atomic E-state index is 12.7. The standard InChI is InChI=1S/C24H40N6O.HI/c1-21(23(31)29-14-7-8-15-29)28-16-18-30(19-17-28)24(25-2)26-12-9-13-27(3)20-22-10-5-4-6-11-22;/h4-6,10-11,21H,7-9,12-20H2,1-3H3,(H,25,26);1H. The lowest BCUT2D eigenvalue weighted by Crippen LogP contribution is -2.57. The summed E-state index contributed by atoms with van der Waals surface area (Å²) in [4.78, 5) is 26.2. The Morgan fingerprint density at radius 2 is 1.72 bits per heavy atom. The van der Waals surface area contributed by atoms with Crippen LogP contribution in [-0.4, -0.2) is 104 Å². The number of nitrogens with zero attached hydrogens (tertiary/aromatic N) is 5. The molecule has 1 N–H and O–H groups in total. The molecule has 0 spiro atoms. The molecule has 0 saturated carbocycles. The van der Waals surface area contributed by atoms with Crippen LogP contribution in [0.2, 0.25) is 0 Å². The van der Waals surface area contributed by atoms with Gasteiger partial charge in [-0.3, -0.25) is 14.7 Å². The van der Waals surface area contributed by atoms with Gasteiger partial charge in [0.1, 0.15) is 0 Å². The number of likely N-dealkylation sites (tertiary alicyclic amines) is 1.